The predicted octanol–water partition coefficient (Wildman–Crippen LogP) is 1.40. The Balaban J connectivity index is 1.95. The largest absolute Gasteiger partial charge is 0.315 e. The van der Waals surface area contributed by atoms with Crippen LogP contribution >= 0.6 is 0 Å². The fourth-order valence-corrected chi connectivity index (χ4v) is 2.20. The summed E-state index contributed by atoms with van der Waals surface area (Å²) in [7, 11) is 0. The van der Waals surface area contributed by atoms with Gasteiger partial charge in [-0.05, 0) is 12.3 Å². The first kappa shape index (κ1) is 11.6. The molecule has 0 spiro atoms. The van der Waals surface area contributed by atoms with E-state index in [1.54, 1.807) is 0 Å². The first-order chi connectivity index (χ1) is 7.66. The molecule has 1 atom stereocenters. The van der Waals surface area contributed by atoms with Gasteiger partial charge in [-0.25, -0.2) is 0 Å². The number of hydrogen-bond donors (Lipinski definition) is 1. The fraction of sp³-hybridized carbons (Fsp3) is 0.833. The number of nitrogens with one attached hydrogen (secondary N) is 1. The van der Waals surface area contributed by atoms with Crippen LogP contribution in [-0.2, 0) is 19.4 Å². The third-order valence-electron chi connectivity index (χ3n) is 3.18. The molecule has 0 fully saturated rings. The molecule has 0 radical (unpaired) electrons. The first-order valence-corrected chi connectivity index (χ1v) is 6.31. The van der Waals surface area contributed by atoms with Gasteiger partial charge >= 0.3 is 0 Å². The molecule has 1 aromatic rings. The number of nitrogens with zero attached hydrogens (tertiary/aromatic N) is 3. The summed E-state index contributed by atoms with van der Waals surface area (Å²) in [5.74, 6) is 3.09. The minimum Gasteiger partial charge on any atom is -0.315 e. The summed E-state index contributed by atoms with van der Waals surface area (Å²) in [6.45, 7) is 8.71. The summed E-state index contributed by atoms with van der Waals surface area (Å²) in [5.41, 5.74) is 0. The third-order valence-corrected chi connectivity index (χ3v) is 3.18. The highest BCUT2D eigenvalue weighted by Gasteiger charge is 2.19. The Morgan fingerprint density at radius 1 is 1.44 bits per heavy atom. The lowest BCUT2D eigenvalue weighted by atomic mass is 10.0. The van der Waals surface area contributed by atoms with E-state index in [1.807, 2.05) is 0 Å². The van der Waals surface area contributed by atoms with E-state index in [1.165, 1.54) is 12.2 Å². The molecule has 4 heteroatoms. The van der Waals surface area contributed by atoms with Crippen LogP contribution in [0.5, 0.6) is 0 Å². The molecule has 0 bridgehead atoms. The number of rotatable bonds is 4. The van der Waals surface area contributed by atoms with Crippen molar-refractivity contribution in [3.8, 4) is 0 Å². The molecule has 1 aliphatic heterocycles. The van der Waals surface area contributed by atoms with Crippen LogP contribution < -0.4 is 5.32 Å². The zero-order valence-corrected chi connectivity index (χ0v) is 10.5. The van der Waals surface area contributed by atoms with Crippen molar-refractivity contribution < 1.29 is 0 Å². The lowest BCUT2D eigenvalue weighted by Crippen LogP contribution is -2.26. The summed E-state index contributed by atoms with van der Waals surface area (Å²) in [4.78, 5) is 0. The van der Waals surface area contributed by atoms with Crippen molar-refractivity contribution in [3.05, 3.63) is 11.6 Å². The van der Waals surface area contributed by atoms with Gasteiger partial charge in [-0.1, -0.05) is 20.8 Å². The van der Waals surface area contributed by atoms with Gasteiger partial charge in [0.2, 0.25) is 0 Å². The van der Waals surface area contributed by atoms with Gasteiger partial charge in [0, 0.05) is 32.0 Å². The SMILES string of the molecule is CC1CCn2c(CCNC(C)C)nnc2C1. The minimum absolute atomic E-state index is 0.545. The normalized spacial score (nSPS) is 20.1. The molecule has 16 heavy (non-hydrogen) atoms. The maximum absolute atomic E-state index is 4.30. The van der Waals surface area contributed by atoms with Crippen LogP contribution in [-0.4, -0.2) is 27.4 Å². The van der Waals surface area contributed by atoms with E-state index in [0.717, 1.165) is 37.7 Å². The molecule has 0 aromatic carbocycles. The predicted molar refractivity (Wildman–Crippen MR) is 64.3 cm³/mol. The molecular formula is C12H22N4. The molecule has 1 N–H and O–H groups in total. The second-order valence-corrected chi connectivity index (χ2v) is 5.14. The van der Waals surface area contributed by atoms with E-state index in [9.17, 15) is 0 Å². The second-order valence-electron chi connectivity index (χ2n) is 5.14. The van der Waals surface area contributed by atoms with Crippen LogP contribution in [0.3, 0.4) is 0 Å². The van der Waals surface area contributed by atoms with Crippen molar-refractivity contribution in [2.45, 2.75) is 52.6 Å². The van der Waals surface area contributed by atoms with Gasteiger partial charge in [-0.3, -0.25) is 0 Å². The van der Waals surface area contributed by atoms with Gasteiger partial charge in [0.05, 0.1) is 0 Å². The van der Waals surface area contributed by atoms with Crippen molar-refractivity contribution in [1.82, 2.24) is 20.1 Å². The molecule has 0 amide bonds. The van der Waals surface area contributed by atoms with Gasteiger partial charge in [0.25, 0.3) is 0 Å². The van der Waals surface area contributed by atoms with Crippen LogP contribution in [0.15, 0.2) is 0 Å². The highest BCUT2D eigenvalue weighted by atomic mass is 15.3. The molecule has 4 nitrogen and oxygen atoms in total. The summed E-state index contributed by atoms with van der Waals surface area (Å²) >= 11 is 0. The lowest BCUT2D eigenvalue weighted by molar-refractivity contribution is 0.401. The Morgan fingerprint density at radius 3 is 3.00 bits per heavy atom. The molecule has 1 unspecified atom stereocenters. The van der Waals surface area contributed by atoms with Crippen LogP contribution in [0.25, 0.3) is 0 Å². The van der Waals surface area contributed by atoms with Crippen molar-refractivity contribution in [3.63, 3.8) is 0 Å². The highest BCUT2D eigenvalue weighted by Crippen LogP contribution is 2.19. The fourth-order valence-electron chi connectivity index (χ4n) is 2.20. The average molecular weight is 222 g/mol. The van der Waals surface area contributed by atoms with Crippen molar-refractivity contribution in [1.29, 1.82) is 0 Å². The number of hydrogen-bond acceptors (Lipinski definition) is 3. The van der Waals surface area contributed by atoms with Gasteiger partial charge in [0.1, 0.15) is 11.6 Å². The molecule has 0 aliphatic carbocycles. The first-order valence-electron chi connectivity index (χ1n) is 6.31. The summed E-state index contributed by atoms with van der Waals surface area (Å²) in [6, 6.07) is 0.545. The Morgan fingerprint density at radius 2 is 2.25 bits per heavy atom. The lowest BCUT2D eigenvalue weighted by Gasteiger charge is -2.20. The third kappa shape index (κ3) is 2.61. The monoisotopic (exact) mass is 222 g/mol. The zero-order chi connectivity index (χ0) is 11.5. The van der Waals surface area contributed by atoms with Crippen LogP contribution in [0.2, 0.25) is 0 Å². The summed E-state index contributed by atoms with van der Waals surface area (Å²) in [6.07, 6.45) is 3.33. The van der Waals surface area contributed by atoms with Gasteiger partial charge in [-0.15, -0.1) is 10.2 Å². The topological polar surface area (TPSA) is 42.7 Å². The van der Waals surface area contributed by atoms with E-state index < -0.39 is 0 Å². The van der Waals surface area contributed by atoms with E-state index >= 15 is 0 Å². The van der Waals surface area contributed by atoms with Gasteiger partial charge in [-0.2, -0.15) is 0 Å². The molecule has 2 heterocycles. The zero-order valence-electron chi connectivity index (χ0n) is 10.5. The smallest absolute Gasteiger partial charge is 0.134 e. The van der Waals surface area contributed by atoms with Gasteiger partial charge < -0.3 is 9.88 Å². The minimum atomic E-state index is 0.545. The molecular weight excluding hydrogens is 200 g/mol. The Hall–Kier alpha value is -0.900. The van der Waals surface area contributed by atoms with Gasteiger partial charge in [0.15, 0.2) is 0 Å². The summed E-state index contributed by atoms with van der Waals surface area (Å²) in [5, 5.41) is 12.0. The number of fused-ring (bicyclic) bond motifs is 1. The van der Waals surface area contributed by atoms with Crippen molar-refractivity contribution in [2.24, 2.45) is 5.92 Å². The Bertz CT molecular complexity index is 343. The Kier molecular flexibility index (Phi) is 3.59. The van der Waals surface area contributed by atoms with Crippen LogP contribution in [0.4, 0.5) is 0 Å². The highest BCUT2D eigenvalue weighted by molar-refractivity contribution is 5.00. The molecule has 1 aromatic heterocycles. The van der Waals surface area contributed by atoms with Crippen LogP contribution in [0, 0.1) is 5.92 Å². The van der Waals surface area contributed by atoms with Crippen molar-refractivity contribution >= 4 is 0 Å². The second kappa shape index (κ2) is 4.95. The summed E-state index contributed by atoms with van der Waals surface area (Å²) < 4.78 is 2.31. The molecule has 1 aliphatic rings. The van der Waals surface area contributed by atoms with E-state index in [4.69, 9.17) is 0 Å². The van der Waals surface area contributed by atoms with E-state index in [0.29, 0.717) is 6.04 Å². The molecule has 0 saturated carbocycles. The average Bonchev–Trinajstić information content (AvgIpc) is 2.60. The Labute approximate surface area is 97.5 Å². The van der Waals surface area contributed by atoms with E-state index in [-0.39, 0.29) is 0 Å². The maximum atomic E-state index is 4.30. The standard InChI is InChI=1S/C12H22N4/c1-9(2)13-6-4-11-14-15-12-8-10(3)5-7-16(11)12/h9-10,13H,4-8H2,1-3H3. The van der Waals surface area contributed by atoms with Crippen molar-refractivity contribution in [2.75, 3.05) is 6.54 Å². The van der Waals surface area contributed by atoms with Crippen LogP contribution in [0.1, 0.15) is 38.8 Å². The molecule has 90 valence electrons. The number of aromatic nitrogens is 3. The molecule has 2 rings (SSSR count). The quantitative estimate of drug-likeness (QED) is 0.837. The maximum Gasteiger partial charge on any atom is 0.134 e. The molecule has 0 saturated heterocycles. The van der Waals surface area contributed by atoms with E-state index in [2.05, 4.69) is 40.9 Å².